The quantitative estimate of drug-likeness (QED) is 0.475. The van der Waals surface area contributed by atoms with Crippen molar-refractivity contribution in [1.82, 2.24) is 25.4 Å². The van der Waals surface area contributed by atoms with Gasteiger partial charge in [0.1, 0.15) is 0 Å². The lowest BCUT2D eigenvalue weighted by Gasteiger charge is -2.54. The number of amides is 2. The fourth-order valence-corrected chi connectivity index (χ4v) is 5.64. The van der Waals surface area contributed by atoms with Gasteiger partial charge in [0.05, 0.1) is 24.0 Å². The molecule has 1 saturated carbocycles. The summed E-state index contributed by atoms with van der Waals surface area (Å²) in [5.74, 6) is 0.177. The number of likely N-dealkylation sites (tertiary alicyclic amines) is 1. The minimum absolute atomic E-state index is 0.0247. The van der Waals surface area contributed by atoms with E-state index in [1.54, 1.807) is 12.1 Å². The summed E-state index contributed by atoms with van der Waals surface area (Å²) in [6.07, 6.45) is 5.59. The molecule has 10 heteroatoms. The first-order valence-electron chi connectivity index (χ1n) is 12.0. The molecule has 1 saturated heterocycles. The Morgan fingerprint density at radius 1 is 1.25 bits per heavy atom. The number of halogens is 2. The van der Waals surface area contributed by atoms with Gasteiger partial charge in [0.15, 0.2) is 5.69 Å². The van der Waals surface area contributed by atoms with Gasteiger partial charge in [-0.3, -0.25) is 14.7 Å². The van der Waals surface area contributed by atoms with E-state index in [0.717, 1.165) is 24.8 Å². The van der Waals surface area contributed by atoms with Gasteiger partial charge in [0, 0.05) is 41.2 Å². The van der Waals surface area contributed by atoms with Crippen molar-refractivity contribution in [2.75, 3.05) is 13.7 Å². The second-order valence-corrected chi connectivity index (χ2v) is 10.3. The summed E-state index contributed by atoms with van der Waals surface area (Å²) in [4.78, 5) is 32.5. The number of ether oxygens (including phenoxy) is 1. The van der Waals surface area contributed by atoms with Gasteiger partial charge in [0.25, 0.3) is 5.91 Å². The Hall–Kier alpha value is -3.10. The molecule has 36 heavy (non-hydrogen) atoms. The minimum atomic E-state index is -0.302. The molecule has 0 unspecified atom stereocenters. The normalized spacial score (nSPS) is 18.5. The maximum atomic E-state index is 13.5. The van der Waals surface area contributed by atoms with Crippen molar-refractivity contribution in [1.29, 1.82) is 0 Å². The van der Waals surface area contributed by atoms with E-state index in [1.165, 1.54) is 13.3 Å². The number of piperidine rings is 1. The third kappa shape index (κ3) is 4.80. The molecule has 0 radical (unpaired) electrons. The SMILES string of the molecule is COc1cc(-c2cc(C(=O)N3CC[C@@H](C(=O)NCc4cccc(Cl)c4)CC34CCC4)n[nH]2)c(Cl)cn1. The Morgan fingerprint density at radius 3 is 2.81 bits per heavy atom. The van der Waals surface area contributed by atoms with Gasteiger partial charge in [-0.2, -0.15) is 5.10 Å². The number of hydrogen-bond donors (Lipinski definition) is 2. The van der Waals surface area contributed by atoms with Crippen LogP contribution < -0.4 is 10.1 Å². The van der Waals surface area contributed by atoms with Crippen molar-refractivity contribution in [2.24, 2.45) is 5.92 Å². The smallest absolute Gasteiger partial charge is 0.274 e. The summed E-state index contributed by atoms with van der Waals surface area (Å²) < 4.78 is 5.19. The average molecular weight is 528 g/mol. The summed E-state index contributed by atoms with van der Waals surface area (Å²) in [6.45, 7) is 0.948. The summed E-state index contributed by atoms with van der Waals surface area (Å²) in [7, 11) is 1.53. The van der Waals surface area contributed by atoms with Gasteiger partial charge < -0.3 is 15.0 Å². The topological polar surface area (TPSA) is 100 Å². The first-order valence-corrected chi connectivity index (χ1v) is 12.7. The van der Waals surface area contributed by atoms with Crippen LogP contribution in [0.1, 0.15) is 48.2 Å². The molecule has 1 aliphatic carbocycles. The van der Waals surface area contributed by atoms with Crippen LogP contribution in [0.3, 0.4) is 0 Å². The van der Waals surface area contributed by atoms with E-state index in [1.807, 2.05) is 29.2 Å². The minimum Gasteiger partial charge on any atom is -0.481 e. The Bertz CT molecular complexity index is 1290. The van der Waals surface area contributed by atoms with Gasteiger partial charge in [-0.05, 0) is 55.9 Å². The standard InChI is InChI=1S/C26H27Cl2N5O3/c1-36-23-11-19(20(28)15-29-23)21-12-22(32-31-21)25(35)33-9-6-17(13-26(33)7-3-8-26)24(34)30-14-16-4-2-5-18(27)10-16/h2,4-5,10-12,15,17H,3,6-9,13-14H2,1H3,(H,30,34)(H,31,32)/t17-/m1/s1. The Kier molecular flexibility index (Phi) is 6.90. The number of aromatic amines is 1. The summed E-state index contributed by atoms with van der Waals surface area (Å²) in [6, 6.07) is 10.9. The van der Waals surface area contributed by atoms with Crippen molar-refractivity contribution in [3.8, 4) is 17.1 Å². The fraction of sp³-hybridized carbons (Fsp3) is 0.385. The van der Waals surface area contributed by atoms with Crippen molar-refractivity contribution < 1.29 is 14.3 Å². The van der Waals surface area contributed by atoms with E-state index < -0.39 is 0 Å². The predicted molar refractivity (Wildman–Crippen MR) is 137 cm³/mol. The van der Waals surface area contributed by atoms with Crippen LogP contribution in [0, 0.1) is 5.92 Å². The number of rotatable bonds is 6. The molecule has 3 aromatic rings. The highest BCUT2D eigenvalue weighted by Gasteiger charge is 2.50. The lowest BCUT2D eigenvalue weighted by molar-refractivity contribution is -0.130. The highest BCUT2D eigenvalue weighted by Crippen LogP contribution is 2.47. The third-order valence-corrected chi connectivity index (χ3v) is 7.82. The molecule has 0 bridgehead atoms. The van der Waals surface area contributed by atoms with E-state index in [2.05, 4.69) is 20.5 Å². The molecule has 8 nitrogen and oxygen atoms in total. The highest BCUT2D eigenvalue weighted by molar-refractivity contribution is 6.33. The Labute approximate surface area is 219 Å². The molecule has 1 aliphatic heterocycles. The number of pyridine rings is 1. The number of carbonyl (C=O) groups excluding carboxylic acids is 2. The van der Waals surface area contributed by atoms with Crippen LogP contribution >= 0.6 is 23.2 Å². The lowest BCUT2D eigenvalue weighted by atomic mass is 9.67. The van der Waals surface area contributed by atoms with Crippen LogP contribution in [0.5, 0.6) is 5.88 Å². The monoisotopic (exact) mass is 527 g/mol. The van der Waals surface area contributed by atoms with Crippen molar-refractivity contribution in [3.05, 3.63) is 63.9 Å². The molecule has 3 heterocycles. The Morgan fingerprint density at radius 2 is 2.08 bits per heavy atom. The number of benzene rings is 1. The number of methoxy groups -OCH3 is 1. The maximum Gasteiger partial charge on any atom is 0.274 e. The van der Waals surface area contributed by atoms with E-state index in [4.69, 9.17) is 27.9 Å². The molecular formula is C26H27Cl2N5O3. The van der Waals surface area contributed by atoms with Crippen molar-refractivity contribution >= 4 is 35.0 Å². The first-order chi connectivity index (χ1) is 17.4. The number of hydrogen-bond acceptors (Lipinski definition) is 5. The molecule has 2 aliphatic rings. The molecular weight excluding hydrogens is 501 g/mol. The van der Waals surface area contributed by atoms with Gasteiger partial charge >= 0.3 is 0 Å². The third-order valence-electron chi connectivity index (χ3n) is 7.28. The number of carbonyl (C=O) groups is 2. The molecule has 188 valence electrons. The zero-order chi connectivity index (χ0) is 25.3. The van der Waals surface area contributed by atoms with E-state index in [-0.39, 0.29) is 23.3 Å². The van der Waals surface area contributed by atoms with Crippen LogP contribution in [0.15, 0.2) is 42.6 Å². The second-order valence-electron chi connectivity index (χ2n) is 9.45. The molecule has 5 rings (SSSR count). The summed E-state index contributed by atoms with van der Waals surface area (Å²) >= 11 is 12.4. The lowest BCUT2D eigenvalue weighted by Crippen LogP contribution is -2.61. The summed E-state index contributed by atoms with van der Waals surface area (Å²) in [5.41, 5.74) is 2.25. The average Bonchev–Trinajstić information content (AvgIpc) is 3.36. The highest BCUT2D eigenvalue weighted by atomic mass is 35.5. The van der Waals surface area contributed by atoms with Crippen LogP contribution in [0.4, 0.5) is 0 Å². The van der Waals surface area contributed by atoms with Crippen LogP contribution in [-0.4, -0.2) is 51.1 Å². The molecule has 2 aromatic heterocycles. The molecule has 1 aromatic carbocycles. The maximum absolute atomic E-state index is 13.5. The van der Waals surface area contributed by atoms with E-state index in [0.29, 0.717) is 58.8 Å². The van der Waals surface area contributed by atoms with Crippen LogP contribution in [0.25, 0.3) is 11.3 Å². The molecule has 1 atom stereocenters. The van der Waals surface area contributed by atoms with Gasteiger partial charge in [-0.1, -0.05) is 35.3 Å². The van der Waals surface area contributed by atoms with Crippen LogP contribution in [-0.2, 0) is 11.3 Å². The number of aromatic nitrogens is 3. The molecule has 1 spiro atoms. The van der Waals surface area contributed by atoms with Gasteiger partial charge in [-0.15, -0.1) is 0 Å². The largest absolute Gasteiger partial charge is 0.481 e. The number of H-pyrrole nitrogens is 1. The first kappa shape index (κ1) is 24.6. The van der Waals surface area contributed by atoms with Gasteiger partial charge in [-0.25, -0.2) is 4.98 Å². The summed E-state index contributed by atoms with van der Waals surface area (Å²) in [5, 5.41) is 11.3. The fourth-order valence-electron chi connectivity index (χ4n) is 5.22. The zero-order valence-corrected chi connectivity index (χ0v) is 21.4. The molecule has 2 amide bonds. The number of nitrogens with zero attached hydrogens (tertiary/aromatic N) is 3. The van der Waals surface area contributed by atoms with E-state index >= 15 is 0 Å². The number of nitrogens with one attached hydrogen (secondary N) is 2. The van der Waals surface area contributed by atoms with E-state index in [9.17, 15) is 9.59 Å². The van der Waals surface area contributed by atoms with Gasteiger partial charge in [0.2, 0.25) is 11.8 Å². The second kappa shape index (κ2) is 10.1. The Balaban J connectivity index is 1.27. The zero-order valence-electron chi connectivity index (χ0n) is 19.9. The van der Waals surface area contributed by atoms with Crippen LogP contribution in [0.2, 0.25) is 10.0 Å². The predicted octanol–water partition coefficient (Wildman–Crippen LogP) is 4.88. The molecule has 2 N–H and O–H groups in total. The van der Waals surface area contributed by atoms with Crippen molar-refractivity contribution in [3.63, 3.8) is 0 Å². The molecule has 2 fully saturated rings. The van der Waals surface area contributed by atoms with Crippen molar-refractivity contribution in [2.45, 2.75) is 44.2 Å².